The second-order valence-corrected chi connectivity index (χ2v) is 45.7. The smallest absolute Gasteiger partial charge is 0.491 e. The van der Waals surface area contributed by atoms with Gasteiger partial charge in [0, 0.05) is 158 Å². The summed E-state index contributed by atoms with van der Waals surface area (Å²) in [5, 5.41) is 12.6. The molecule has 26 heteroatoms. The van der Waals surface area contributed by atoms with Gasteiger partial charge in [-0.25, -0.2) is 9.59 Å². The van der Waals surface area contributed by atoms with Crippen molar-refractivity contribution >= 4 is 154 Å². The second-order valence-electron chi connectivity index (χ2n) is 32.2. The van der Waals surface area contributed by atoms with Gasteiger partial charge in [0.05, 0.1) is 39.6 Å². The zero-order chi connectivity index (χ0) is 91.9. The summed E-state index contributed by atoms with van der Waals surface area (Å²) in [6, 6.07) is 71.7. The van der Waals surface area contributed by atoms with Crippen molar-refractivity contribution in [3.63, 3.8) is 0 Å². The standard InChI is InChI=1S/C20H27O3S.C19H25O3S.C17H16F3O2S.C17H19O2S.C16H14F3O2S.C16H17O2S/c1-21-11-12-22-13-14-23-19-9-10-20(24-15-5-2-6-16-24)18-8-4-3-7-17(18)19;1-20-10-11-21-12-13-22-18-8-9-19(23-14-4-5-15-23)17-7-3-2-6-16(17)18;18-17(19,20)16(21)22-14-8-9-15(23-10-4-1-5-11-23)13-7-3-2-6-12(13)14;1-13(18)19-16-9-10-17(20-11-5-2-6-12-20)15-8-4-3-7-14(15)16;17-16(18,19)15(20)21-13-7-8-14(22-9-3-4-10-22)12-6-2-1-5-11(12)13;1-12(17)18-15-8-9-16(19-10-4-5-11-19)14-7-3-2-6-13(14)15/h3-4,7-10H,2,5-6,11-16H2,1H3;2-3,6-9H,4-5,10-15H2,1H3;2-3,6-9H,1,4-5,10-11H2;3-4,7-10H,2,5-6,11-12H2,1H3;1-2,5-8H,3-4,9-10H2;2-3,6-9H,4-5,10-11H2,1H3/q6*+1. The van der Waals surface area contributed by atoms with Crippen LogP contribution in [0.3, 0.4) is 0 Å². The van der Waals surface area contributed by atoms with Gasteiger partial charge in [-0.1, -0.05) is 109 Å². The molecule has 0 atom stereocenters. The molecule has 14 nitrogen and oxygen atoms in total. The molecule has 18 rings (SSSR count). The lowest BCUT2D eigenvalue weighted by Crippen LogP contribution is -2.28. The Morgan fingerprint density at radius 1 is 0.237 bits per heavy atom. The van der Waals surface area contributed by atoms with Crippen molar-refractivity contribution in [1.82, 2.24) is 0 Å². The lowest BCUT2D eigenvalue weighted by Gasteiger charge is -2.16. The van der Waals surface area contributed by atoms with E-state index >= 15 is 0 Å². The molecule has 0 aromatic heterocycles. The lowest BCUT2D eigenvalue weighted by atomic mass is 10.1. The Labute approximate surface area is 782 Å². The lowest BCUT2D eigenvalue weighted by molar-refractivity contribution is -0.189. The first-order chi connectivity index (χ1) is 63.7. The minimum absolute atomic E-state index is 0.0349. The Bertz CT molecular complexity index is 5750. The number of ether oxygens (including phenoxy) is 10. The van der Waals surface area contributed by atoms with Crippen LogP contribution < -0.4 is 28.4 Å². The molecule has 0 amide bonds. The summed E-state index contributed by atoms with van der Waals surface area (Å²) in [5.74, 6) is 13.4. The number of benzene rings is 12. The zero-order valence-corrected chi connectivity index (χ0v) is 79.9. The molecule has 694 valence electrons. The highest BCUT2D eigenvalue weighted by Gasteiger charge is 2.44. The molecule has 0 unspecified atom stereocenters. The number of carbonyl (C=O) groups is 4. The monoisotopic (exact) mass is 1910 g/mol. The van der Waals surface area contributed by atoms with Crippen LogP contribution in [-0.2, 0) is 103 Å². The van der Waals surface area contributed by atoms with Gasteiger partial charge in [0.15, 0.2) is 29.4 Å². The highest BCUT2D eigenvalue weighted by atomic mass is 32.2. The fourth-order valence-electron chi connectivity index (χ4n) is 16.9. The van der Waals surface area contributed by atoms with Crippen molar-refractivity contribution in [2.45, 2.75) is 152 Å². The maximum absolute atomic E-state index is 12.4. The molecule has 6 heterocycles. The van der Waals surface area contributed by atoms with E-state index in [1.165, 1.54) is 220 Å². The van der Waals surface area contributed by atoms with E-state index in [4.69, 9.17) is 37.9 Å². The summed E-state index contributed by atoms with van der Waals surface area (Å²) < 4.78 is 127. The summed E-state index contributed by atoms with van der Waals surface area (Å²) in [4.78, 5) is 52.8. The van der Waals surface area contributed by atoms with Crippen LogP contribution in [0.15, 0.2) is 248 Å². The Morgan fingerprint density at radius 3 is 0.626 bits per heavy atom. The number of fused-ring (bicyclic) bond motifs is 6. The van der Waals surface area contributed by atoms with Crippen LogP contribution in [0.1, 0.15) is 110 Å². The molecular formula is C105H118F6O14S6+6. The number of methoxy groups -OCH3 is 2. The molecule has 0 N–H and O–H groups in total. The minimum atomic E-state index is -5.00. The predicted molar refractivity (Wildman–Crippen MR) is 528 cm³/mol. The van der Waals surface area contributed by atoms with Gasteiger partial charge < -0.3 is 47.4 Å². The topological polar surface area (TPSA) is 161 Å². The van der Waals surface area contributed by atoms with Crippen LogP contribution in [0.4, 0.5) is 26.3 Å². The zero-order valence-electron chi connectivity index (χ0n) is 75.0. The van der Waals surface area contributed by atoms with Crippen molar-refractivity contribution in [2.75, 3.05) is 136 Å². The van der Waals surface area contributed by atoms with E-state index < -0.39 is 24.3 Å². The first-order valence-corrected chi connectivity index (χ1v) is 54.6. The Morgan fingerprint density at radius 2 is 0.420 bits per heavy atom. The molecule has 6 fully saturated rings. The van der Waals surface area contributed by atoms with Gasteiger partial charge in [-0.3, -0.25) is 9.59 Å². The van der Waals surface area contributed by atoms with Crippen LogP contribution in [0, 0.1) is 0 Å². The predicted octanol–water partition coefficient (Wildman–Crippen LogP) is 23.7. The maximum Gasteiger partial charge on any atom is 0.491 e. The van der Waals surface area contributed by atoms with Crippen molar-refractivity contribution in [3.8, 4) is 34.5 Å². The van der Waals surface area contributed by atoms with E-state index in [9.17, 15) is 45.5 Å². The molecule has 6 saturated heterocycles. The Kier molecular flexibility index (Phi) is 38.4. The number of carbonyl (C=O) groups excluding carboxylic acids is 4. The molecule has 12 aromatic carbocycles. The van der Waals surface area contributed by atoms with Crippen molar-refractivity contribution < 1.29 is 92.9 Å². The van der Waals surface area contributed by atoms with Gasteiger partial charge >= 0.3 is 36.2 Å². The fourth-order valence-corrected chi connectivity index (χ4v) is 31.9. The van der Waals surface area contributed by atoms with Gasteiger partial charge in [0.1, 0.15) is 117 Å². The van der Waals surface area contributed by atoms with Crippen LogP contribution in [0.2, 0.25) is 0 Å². The molecule has 0 bridgehead atoms. The first-order valence-electron chi connectivity index (χ1n) is 45.2. The number of esters is 4. The summed E-state index contributed by atoms with van der Waals surface area (Å²) >= 11 is 0. The molecule has 6 aliphatic rings. The van der Waals surface area contributed by atoms with Crippen molar-refractivity contribution in [1.29, 1.82) is 0 Å². The van der Waals surface area contributed by atoms with Gasteiger partial charge in [0.2, 0.25) is 0 Å². The highest BCUT2D eigenvalue weighted by Crippen LogP contribution is 2.43. The summed E-state index contributed by atoms with van der Waals surface area (Å²) in [6.45, 7) is 7.68. The SMILES string of the molecule is CC(=O)Oc1ccc([S+]2CCCC2)c2ccccc12.CC(=O)Oc1ccc([S+]2CCCCC2)c2ccccc12.COCCOCCOc1ccc([S+]2CCCC2)c2ccccc12.COCCOCCOc1ccc([S+]2CCCCC2)c2ccccc12.O=C(Oc1ccc([S+]2CCCC2)c2ccccc12)C(F)(F)F.O=C(Oc1ccc([S+]2CCCCC2)c2ccccc12)C(F)(F)F. The van der Waals surface area contributed by atoms with E-state index in [0.29, 0.717) is 119 Å². The number of halogens is 6. The number of hydrogen-bond acceptors (Lipinski definition) is 14. The van der Waals surface area contributed by atoms with E-state index in [-0.39, 0.29) is 45.2 Å². The maximum atomic E-state index is 12.4. The average Bonchev–Trinajstić information content (AvgIpc) is 1.75. The highest BCUT2D eigenvalue weighted by molar-refractivity contribution is 7.98. The molecule has 0 saturated carbocycles. The largest absolute Gasteiger partial charge is 0.491 e. The molecule has 6 aliphatic heterocycles. The second kappa shape index (κ2) is 50.5. The molecule has 0 aliphatic carbocycles. The third-order valence-electron chi connectivity index (χ3n) is 23.1. The van der Waals surface area contributed by atoms with E-state index in [2.05, 4.69) is 119 Å². The third-order valence-corrected chi connectivity index (χ3v) is 38.3. The van der Waals surface area contributed by atoms with E-state index in [0.717, 1.165) is 65.8 Å². The van der Waals surface area contributed by atoms with Crippen molar-refractivity contribution in [3.05, 3.63) is 218 Å². The van der Waals surface area contributed by atoms with Gasteiger partial charge in [-0.15, -0.1) is 0 Å². The van der Waals surface area contributed by atoms with Gasteiger partial charge in [0.25, 0.3) is 0 Å². The molecule has 0 radical (unpaired) electrons. The first kappa shape index (κ1) is 99.7. The van der Waals surface area contributed by atoms with Gasteiger partial charge in [-0.2, -0.15) is 26.3 Å². The normalized spacial score (nSPS) is 16.0. The van der Waals surface area contributed by atoms with Crippen molar-refractivity contribution in [2.24, 2.45) is 0 Å². The van der Waals surface area contributed by atoms with Crippen LogP contribution >= 0.6 is 0 Å². The summed E-state index contributed by atoms with van der Waals surface area (Å²) in [7, 11) is 5.17. The average molecular weight is 1910 g/mol. The Hall–Kier alpha value is -8.80. The van der Waals surface area contributed by atoms with E-state index in [1.807, 2.05) is 66.7 Å². The van der Waals surface area contributed by atoms with Gasteiger partial charge in [-0.05, 0) is 206 Å². The van der Waals surface area contributed by atoms with Crippen LogP contribution in [0.25, 0.3) is 64.6 Å². The van der Waals surface area contributed by atoms with Crippen LogP contribution in [0.5, 0.6) is 34.5 Å². The van der Waals surface area contributed by atoms with Crippen LogP contribution in [-0.4, -0.2) is 172 Å². The molecule has 131 heavy (non-hydrogen) atoms. The number of rotatable bonds is 24. The number of hydrogen-bond donors (Lipinski definition) is 0. The molecule has 12 aromatic rings. The fraction of sp³-hybridized carbons (Fsp3) is 0.390. The molecular weight excluding hydrogens is 1790 g/mol. The van der Waals surface area contributed by atoms with E-state index in [1.54, 1.807) is 44.6 Å². The summed E-state index contributed by atoms with van der Waals surface area (Å²) in [6.07, 6.45) is 9.57. The third kappa shape index (κ3) is 28.0. The minimum Gasteiger partial charge on any atom is -0.491 e. The Balaban J connectivity index is 0.000000134. The quantitative estimate of drug-likeness (QED) is 0.0185. The summed E-state index contributed by atoms with van der Waals surface area (Å²) in [5.41, 5.74) is 0. The molecule has 0 spiro atoms. The number of alkyl halides is 6.